The molecule has 7 heteroatoms. The number of hydrogen-bond acceptors (Lipinski definition) is 2. The van der Waals surface area contributed by atoms with Crippen molar-refractivity contribution in [2.45, 2.75) is 33.2 Å². The zero-order chi connectivity index (χ0) is 16.6. The van der Waals surface area contributed by atoms with E-state index < -0.39 is 0 Å². The van der Waals surface area contributed by atoms with E-state index >= 15 is 0 Å². The minimum Gasteiger partial charge on any atom is -0.357 e. The molecule has 0 saturated heterocycles. The number of amides is 1. The normalized spacial score (nSPS) is 11.4. The number of nitrogens with zero attached hydrogens (tertiary/aromatic N) is 1. The second kappa shape index (κ2) is 10.9. The molecule has 5 nitrogen and oxygen atoms in total. The van der Waals surface area contributed by atoms with Crippen LogP contribution in [0, 0.1) is 0 Å². The summed E-state index contributed by atoms with van der Waals surface area (Å²) in [6.07, 6.45) is 0. The first-order valence-corrected chi connectivity index (χ1v) is 8.21. The molecule has 130 valence electrons. The minimum atomic E-state index is -0.0866. The molecule has 3 N–H and O–H groups in total. The molecule has 0 aliphatic carbocycles. The number of aliphatic imine (C=N–C) groups is 1. The summed E-state index contributed by atoms with van der Waals surface area (Å²) in [5, 5.41) is 9.35. The van der Waals surface area contributed by atoms with E-state index in [1.807, 2.05) is 19.1 Å². The van der Waals surface area contributed by atoms with Gasteiger partial charge in [-0.1, -0.05) is 15.9 Å². The molecule has 23 heavy (non-hydrogen) atoms. The summed E-state index contributed by atoms with van der Waals surface area (Å²) in [7, 11) is 0. The lowest BCUT2D eigenvalue weighted by Crippen LogP contribution is -2.47. The Labute approximate surface area is 164 Å². The molecule has 0 aromatic heterocycles. The number of carbonyl (C=O) groups excluding carboxylic acids is 1. The predicted octanol–water partition coefficient (Wildman–Crippen LogP) is 3.15. The maximum atomic E-state index is 11.9. The number of rotatable bonds is 5. The van der Waals surface area contributed by atoms with Gasteiger partial charge in [-0.25, -0.2) is 0 Å². The van der Waals surface area contributed by atoms with Crippen molar-refractivity contribution in [1.82, 2.24) is 16.0 Å². The highest BCUT2D eigenvalue weighted by Crippen LogP contribution is 2.10. The Hall–Kier alpha value is -0.830. The van der Waals surface area contributed by atoms with Gasteiger partial charge < -0.3 is 16.0 Å². The Morgan fingerprint density at radius 1 is 1.17 bits per heavy atom. The van der Waals surface area contributed by atoms with Gasteiger partial charge in [0.1, 0.15) is 0 Å². The molecule has 0 aliphatic rings. The number of halogens is 2. The van der Waals surface area contributed by atoms with Crippen LogP contribution in [0.15, 0.2) is 33.7 Å². The lowest BCUT2D eigenvalue weighted by molar-refractivity contribution is 0.0955. The van der Waals surface area contributed by atoms with Gasteiger partial charge in [0.05, 0.1) is 6.54 Å². The van der Waals surface area contributed by atoms with Crippen molar-refractivity contribution in [1.29, 1.82) is 0 Å². The van der Waals surface area contributed by atoms with Crippen molar-refractivity contribution < 1.29 is 4.79 Å². The van der Waals surface area contributed by atoms with E-state index in [1.54, 1.807) is 12.1 Å². The molecular formula is C16H26BrIN4O. The number of carbonyl (C=O) groups is 1. The summed E-state index contributed by atoms with van der Waals surface area (Å²) < 4.78 is 0.956. The summed E-state index contributed by atoms with van der Waals surface area (Å²) in [6.45, 7) is 10.1. The van der Waals surface area contributed by atoms with Crippen LogP contribution in [0.3, 0.4) is 0 Å². The Morgan fingerprint density at radius 3 is 2.30 bits per heavy atom. The predicted molar refractivity (Wildman–Crippen MR) is 111 cm³/mol. The lowest BCUT2D eigenvalue weighted by atomic mass is 10.1. The topological polar surface area (TPSA) is 65.5 Å². The molecule has 1 amide bonds. The quantitative estimate of drug-likeness (QED) is 0.254. The van der Waals surface area contributed by atoms with E-state index in [1.165, 1.54) is 0 Å². The van der Waals surface area contributed by atoms with Gasteiger partial charge in [0.2, 0.25) is 0 Å². The van der Waals surface area contributed by atoms with Crippen molar-refractivity contribution in [2.24, 2.45) is 4.99 Å². The summed E-state index contributed by atoms with van der Waals surface area (Å²) in [5.74, 6) is 0.671. The molecule has 0 spiro atoms. The van der Waals surface area contributed by atoms with Gasteiger partial charge in [-0.2, -0.15) is 0 Å². The molecule has 0 heterocycles. The van der Waals surface area contributed by atoms with Crippen molar-refractivity contribution in [2.75, 3.05) is 19.6 Å². The summed E-state index contributed by atoms with van der Waals surface area (Å²) in [6, 6.07) is 7.27. The van der Waals surface area contributed by atoms with Crippen LogP contribution >= 0.6 is 39.9 Å². The van der Waals surface area contributed by atoms with Crippen molar-refractivity contribution >= 4 is 51.8 Å². The van der Waals surface area contributed by atoms with Crippen LogP contribution in [0.2, 0.25) is 0 Å². The monoisotopic (exact) mass is 496 g/mol. The van der Waals surface area contributed by atoms with Crippen molar-refractivity contribution in [3.8, 4) is 0 Å². The maximum Gasteiger partial charge on any atom is 0.251 e. The third-order valence-corrected chi connectivity index (χ3v) is 3.14. The summed E-state index contributed by atoms with van der Waals surface area (Å²) in [5.41, 5.74) is 0.591. The fourth-order valence-electron chi connectivity index (χ4n) is 1.70. The first-order valence-electron chi connectivity index (χ1n) is 7.42. The van der Waals surface area contributed by atoms with Crippen LogP contribution in [-0.4, -0.2) is 37.0 Å². The molecule has 1 aromatic carbocycles. The third kappa shape index (κ3) is 9.80. The SMILES string of the molecule is CCNC(=NCCNC(=O)c1ccc(Br)cc1)NC(C)(C)C.I. The van der Waals surface area contributed by atoms with Crippen molar-refractivity contribution in [3.63, 3.8) is 0 Å². The molecule has 0 unspecified atom stereocenters. The van der Waals surface area contributed by atoms with Crippen LogP contribution in [0.1, 0.15) is 38.1 Å². The second-order valence-electron chi connectivity index (χ2n) is 5.90. The third-order valence-electron chi connectivity index (χ3n) is 2.61. The zero-order valence-electron chi connectivity index (χ0n) is 14.1. The van der Waals surface area contributed by atoms with Crippen LogP contribution in [0.4, 0.5) is 0 Å². The van der Waals surface area contributed by atoms with Gasteiger partial charge in [0, 0.05) is 28.7 Å². The Morgan fingerprint density at radius 2 is 1.78 bits per heavy atom. The number of benzene rings is 1. The first kappa shape index (κ1) is 22.2. The van der Waals surface area contributed by atoms with E-state index in [4.69, 9.17) is 0 Å². The fourth-order valence-corrected chi connectivity index (χ4v) is 1.97. The van der Waals surface area contributed by atoms with Crippen LogP contribution in [-0.2, 0) is 0 Å². The van der Waals surface area contributed by atoms with E-state index in [0.29, 0.717) is 18.7 Å². The molecule has 0 aliphatic heterocycles. The molecule has 0 atom stereocenters. The highest BCUT2D eigenvalue weighted by molar-refractivity contribution is 14.0. The molecule has 0 saturated carbocycles. The van der Waals surface area contributed by atoms with Gasteiger partial charge >= 0.3 is 0 Å². The van der Waals surface area contributed by atoms with Crippen LogP contribution < -0.4 is 16.0 Å². The molecule has 1 rings (SSSR count). The molecule has 1 aromatic rings. The number of guanidine groups is 1. The van der Waals surface area contributed by atoms with Crippen molar-refractivity contribution in [3.05, 3.63) is 34.3 Å². The average Bonchev–Trinajstić information content (AvgIpc) is 2.42. The molecular weight excluding hydrogens is 471 g/mol. The van der Waals surface area contributed by atoms with Gasteiger partial charge in [-0.15, -0.1) is 24.0 Å². The van der Waals surface area contributed by atoms with Gasteiger partial charge in [0.15, 0.2) is 5.96 Å². The summed E-state index contributed by atoms with van der Waals surface area (Å²) in [4.78, 5) is 16.4. The zero-order valence-corrected chi connectivity index (χ0v) is 18.0. The molecule has 0 fully saturated rings. The van der Waals surface area contributed by atoms with Crippen LogP contribution in [0.25, 0.3) is 0 Å². The van der Waals surface area contributed by atoms with Gasteiger partial charge in [0.25, 0.3) is 5.91 Å². The highest BCUT2D eigenvalue weighted by atomic mass is 127. The largest absolute Gasteiger partial charge is 0.357 e. The minimum absolute atomic E-state index is 0. The fraction of sp³-hybridized carbons (Fsp3) is 0.500. The second-order valence-corrected chi connectivity index (χ2v) is 6.81. The molecule has 0 radical (unpaired) electrons. The average molecular weight is 497 g/mol. The van der Waals surface area contributed by atoms with E-state index in [2.05, 4.69) is 57.6 Å². The number of hydrogen-bond donors (Lipinski definition) is 3. The van der Waals surface area contributed by atoms with Gasteiger partial charge in [-0.05, 0) is 52.0 Å². The lowest BCUT2D eigenvalue weighted by Gasteiger charge is -2.23. The van der Waals surface area contributed by atoms with E-state index in [-0.39, 0.29) is 35.4 Å². The molecule has 0 bridgehead atoms. The standard InChI is InChI=1S/C16H25BrN4O.HI/c1-5-18-15(21-16(2,3)4)20-11-10-19-14(22)12-6-8-13(17)9-7-12;/h6-9H,5,10-11H2,1-4H3,(H,19,22)(H2,18,20,21);1H. The van der Waals surface area contributed by atoms with Crippen LogP contribution in [0.5, 0.6) is 0 Å². The van der Waals surface area contributed by atoms with E-state index in [9.17, 15) is 4.79 Å². The Bertz CT molecular complexity index is 512. The Balaban J connectivity index is 0.00000484. The van der Waals surface area contributed by atoms with E-state index in [0.717, 1.165) is 17.0 Å². The smallest absolute Gasteiger partial charge is 0.251 e. The summed E-state index contributed by atoms with van der Waals surface area (Å²) >= 11 is 3.35. The Kier molecular flexibility index (Phi) is 10.5. The highest BCUT2D eigenvalue weighted by Gasteiger charge is 2.11. The first-order chi connectivity index (χ1) is 10.3. The number of nitrogens with one attached hydrogen (secondary N) is 3. The maximum absolute atomic E-state index is 11.9. The van der Waals surface area contributed by atoms with Gasteiger partial charge in [-0.3, -0.25) is 9.79 Å².